The highest BCUT2D eigenvalue weighted by atomic mass is 32.2. The van der Waals surface area contributed by atoms with E-state index in [2.05, 4.69) is 0 Å². The molecule has 1 aromatic carbocycles. The zero-order valence-electron chi connectivity index (χ0n) is 18.4. The predicted molar refractivity (Wildman–Crippen MR) is 118 cm³/mol. The predicted octanol–water partition coefficient (Wildman–Crippen LogP) is 2.21. The molecule has 8 nitrogen and oxygen atoms in total. The highest BCUT2D eigenvalue weighted by Crippen LogP contribution is 2.19. The van der Waals surface area contributed by atoms with Crippen LogP contribution in [0.4, 0.5) is 0 Å². The number of rotatable bonds is 10. The van der Waals surface area contributed by atoms with E-state index >= 15 is 0 Å². The molecule has 0 radical (unpaired) electrons. The van der Waals surface area contributed by atoms with Gasteiger partial charge in [-0.15, -0.1) is 0 Å². The molecule has 0 N–H and O–H groups in total. The van der Waals surface area contributed by atoms with Gasteiger partial charge in [0, 0.05) is 52.1 Å². The molecule has 0 spiro atoms. The molecule has 170 valence electrons. The summed E-state index contributed by atoms with van der Waals surface area (Å²) in [7, 11) is -3.65. The summed E-state index contributed by atoms with van der Waals surface area (Å²) in [6.45, 7) is 6.70. The fourth-order valence-corrected chi connectivity index (χ4v) is 5.06. The van der Waals surface area contributed by atoms with Gasteiger partial charge in [0.1, 0.15) is 0 Å². The van der Waals surface area contributed by atoms with Crippen molar-refractivity contribution in [1.29, 1.82) is 5.26 Å². The number of sulfonamides is 1. The second-order valence-corrected chi connectivity index (χ2v) is 9.59. The van der Waals surface area contributed by atoms with Crippen molar-refractivity contribution in [1.82, 2.24) is 14.1 Å². The summed E-state index contributed by atoms with van der Waals surface area (Å²) >= 11 is 0. The molecule has 1 aliphatic rings. The summed E-state index contributed by atoms with van der Waals surface area (Å²) in [6, 6.07) is 7.80. The van der Waals surface area contributed by atoms with Crippen LogP contribution in [-0.2, 0) is 19.6 Å². The molecule has 9 heteroatoms. The molecule has 2 amide bonds. The Morgan fingerprint density at radius 2 is 1.58 bits per heavy atom. The van der Waals surface area contributed by atoms with E-state index in [0.29, 0.717) is 37.9 Å². The lowest BCUT2D eigenvalue weighted by atomic mass is 10.2. The van der Waals surface area contributed by atoms with Crippen molar-refractivity contribution in [2.24, 2.45) is 0 Å². The summed E-state index contributed by atoms with van der Waals surface area (Å²) in [6.07, 6.45) is 2.99. The molecule has 0 unspecified atom stereocenters. The average Bonchev–Trinajstić information content (AvgIpc) is 2.78. The van der Waals surface area contributed by atoms with Gasteiger partial charge in [-0.05, 0) is 43.5 Å². The molecule has 1 aliphatic heterocycles. The second kappa shape index (κ2) is 11.8. The quantitative estimate of drug-likeness (QED) is 0.546. The fraction of sp³-hybridized carbons (Fsp3) is 0.591. The van der Waals surface area contributed by atoms with Crippen molar-refractivity contribution < 1.29 is 18.0 Å². The van der Waals surface area contributed by atoms with Crippen molar-refractivity contribution >= 4 is 21.8 Å². The molecule has 1 saturated heterocycles. The first-order chi connectivity index (χ1) is 14.8. The number of carbonyl (C=O) groups excluding carboxylic acids is 2. The standard InChI is InChI=1S/C22H32N4O4S/c1-3-12-24(13-4-2)21(27)6-5-7-22(28)25-14-16-26(17-15-25)31(29,30)20-10-8-19(18-23)9-11-20/h8-11H,3-7,12-17H2,1-2H3. The molecule has 1 heterocycles. The van der Waals surface area contributed by atoms with Gasteiger partial charge in [-0.25, -0.2) is 8.42 Å². The molecule has 0 aliphatic carbocycles. The van der Waals surface area contributed by atoms with E-state index in [1.807, 2.05) is 24.8 Å². The van der Waals surface area contributed by atoms with Crippen LogP contribution in [-0.4, -0.2) is 73.6 Å². The first-order valence-electron chi connectivity index (χ1n) is 10.9. The molecule has 0 aromatic heterocycles. The number of hydrogen-bond donors (Lipinski definition) is 0. The lowest BCUT2D eigenvalue weighted by Gasteiger charge is -2.34. The van der Waals surface area contributed by atoms with Crippen LogP contribution in [0.3, 0.4) is 0 Å². The van der Waals surface area contributed by atoms with Gasteiger partial charge in [0.25, 0.3) is 0 Å². The zero-order chi connectivity index (χ0) is 22.9. The summed E-state index contributed by atoms with van der Waals surface area (Å²) in [5.41, 5.74) is 0.403. The largest absolute Gasteiger partial charge is 0.343 e. The van der Waals surface area contributed by atoms with Gasteiger partial charge in [-0.1, -0.05) is 13.8 Å². The van der Waals surface area contributed by atoms with E-state index < -0.39 is 10.0 Å². The molecule has 1 fully saturated rings. The first kappa shape index (κ1) is 24.8. The van der Waals surface area contributed by atoms with Crippen LogP contribution in [0.25, 0.3) is 0 Å². The van der Waals surface area contributed by atoms with Gasteiger partial charge in [0.2, 0.25) is 21.8 Å². The first-order valence-corrected chi connectivity index (χ1v) is 12.3. The number of piperazine rings is 1. The van der Waals surface area contributed by atoms with Gasteiger partial charge < -0.3 is 9.80 Å². The molecule has 1 aromatic rings. The van der Waals surface area contributed by atoms with Gasteiger partial charge in [0.15, 0.2) is 0 Å². The average molecular weight is 449 g/mol. The molecule has 0 saturated carbocycles. The summed E-state index contributed by atoms with van der Waals surface area (Å²) in [4.78, 5) is 28.5. The summed E-state index contributed by atoms with van der Waals surface area (Å²) in [5, 5.41) is 8.86. The van der Waals surface area contributed by atoms with Crippen molar-refractivity contribution in [3.8, 4) is 6.07 Å². The Labute approximate surface area is 185 Å². The fourth-order valence-electron chi connectivity index (χ4n) is 3.64. The Balaban J connectivity index is 1.81. The monoisotopic (exact) mass is 448 g/mol. The number of amides is 2. The van der Waals surface area contributed by atoms with Crippen molar-refractivity contribution in [2.75, 3.05) is 39.3 Å². The topological polar surface area (TPSA) is 102 Å². The molecule has 0 atom stereocenters. The molecular formula is C22H32N4O4S. The Morgan fingerprint density at radius 1 is 1.00 bits per heavy atom. The van der Waals surface area contributed by atoms with Gasteiger partial charge in [0.05, 0.1) is 16.5 Å². The lowest BCUT2D eigenvalue weighted by molar-refractivity contribution is -0.133. The van der Waals surface area contributed by atoms with Gasteiger partial charge >= 0.3 is 0 Å². The van der Waals surface area contributed by atoms with Crippen LogP contribution < -0.4 is 0 Å². The molecule has 2 rings (SSSR count). The van der Waals surface area contributed by atoms with E-state index in [1.165, 1.54) is 28.6 Å². The minimum absolute atomic E-state index is 0.0410. The Kier molecular flexibility index (Phi) is 9.46. The molecular weight excluding hydrogens is 416 g/mol. The van der Waals surface area contributed by atoms with Gasteiger partial charge in [-0.3, -0.25) is 9.59 Å². The summed E-state index contributed by atoms with van der Waals surface area (Å²) in [5.74, 6) is 0.0515. The molecule has 0 bridgehead atoms. The summed E-state index contributed by atoms with van der Waals surface area (Å²) < 4.78 is 26.9. The minimum Gasteiger partial charge on any atom is -0.343 e. The van der Waals surface area contributed by atoms with E-state index in [9.17, 15) is 18.0 Å². The van der Waals surface area contributed by atoms with Crippen LogP contribution in [0, 0.1) is 11.3 Å². The highest BCUT2D eigenvalue weighted by molar-refractivity contribution is 7.89. The van der Waals surface area contributed by atoms with E-state index in [-0.39, 0.29) is 29.8 Å². The third-order valence-corrected chi connectivity index (χ3v) is 7.25. The second-order valence-electron chi connectivity index (χ2n) is 7.66. The number of nitrogens with zero attached hydrogens (tertiary/aromatic N) is 4. The Hall–Kier alpha value is -2.44. The smallest absolute Gasteiger partial charge is 0.243 e. The number of nitriles is 1. The number of benzene rings is 1. The number of carbonyl (C=O) groups is 2. The third-order valence-electron chi connectivity index (χ3n) is 5.33. The van der Waals surface area contributed by atoms with E-state index in [4.69, 9.17) is 5.26 Å². The van der Waals surface area contributed by atoms with E-state index in [0.717, 1.165) is 25.9 Å². The van der Waals surface area contributed by atoms with Crippen LogP contribution in [0.2, 0.25) is 0 Å². The van der Waals surface area contributed by atoms with E-state index in [1.54, 1.807) is 4.90 Å². The van der Waals surface area contributed by atoms with Crippen LogP contribution in [0.15, 0.2) is 29.2 Å². The van der Waals surface area contributed by atoms with Crippen LogP contribution >= 0.6 is 0 Å². The maximum Gasteiger partial charge on any atom is 0.243 e. The maximum absolute atomic E-state index is 12.8. The zero-order valence-corrected chi connectivity index (χ0v) is 19.2. The van der Waals surface area contributed by atoms with Gasteiger partial charge in [-0.2, -0.15) is 9.57 Å². The van der Waals surface area contributed by atoms with Crippen LogP contribution in [0.5, 0.6) is 0 Å². The lowest BCUT2D eigenvalue weighted by Crippen LogP contribution is -2.50. The highest BCUT2D eigenvalue weighted by Gasteiger charge is 2.30. The van der Waals surface area contributed by atoms with Crippen molar-refractivity contribution in [2.45, 2.75) is 50.8 Å². The van der Waals surface area contributed by atoms with Crippen molar-refractivity contribution in [3.05, 3.63) is 29.8 Å². The number of hydrogen-bond acceptors (Lipinski definition) is 5. The van der Waals surface area contributed by atoms with Crippen molar-refractivity contribution in [3.63, 3.8) is 0 Å². The minimum atomic E-state index is -3.65. The Morgan fingerprint density at radius 3 is 2.10 bits per heavy atom. The SMILES string of the molecule is CCCN(CCC)C(=O)CCCC(=O)N1CCN(S(=O)(=O)c2ccc(C#N)cc2)CC1. The normalized spacial score (nSPS) is 14.8. The third kappa shape index (κ3) is 6.77. The van der Waals surface area contributed by atoms with Crippen LogP contribution in [0.1, 0.15) is 51.5 Å². The Bertz CT molecular complexity index is 879. The molecule has 31 heavy (non-hydrogen) atoms. The maximum atomic E-state index is 12.8.